The average molecular weight is 927 g/mol. The Morgan fingerprint density at radius 1 is 0.864 bits per heavy atom. The van der Waals surface area contributed by atoms with Crippen molar-refractivity contribution in [2.45, 2.75) is 105 Å². The van der Waals surface area contributed by atoms with Crippen LogP contribution in [-0.4, -0.2) is 109 Å². The van der Waals surface area contributed by atoms with E-state index in [0.29, 0.717) is 36.8 Å². The molecule has 4 fully saturated rings. The number of ether oxygens (including phenoxy) is 3. The fourth-order valence-electron chi connectivity index (χ4n) is 9.69. The molecule has 3 aromatic rings. The molecule has 66 heavy (non-hydrogen) atoms. The Kier molecular flexibility index (Phi) is 12.2. The summed E-state index contributed by atoms with van der Waals surface area (Å²) in [5.74, 6) is -4.06. The highest BCUT2D eigenvalue weighted by Gasteiger charge is 2.62. The van der Waals surface area contributed by atoms with Crippen LogP contribution in [0.1, 0.15) is 79.5 Å². The molecule has 17 nitrogen and oxygen atoms in total. The van der Waals surface area contributed by atoms with Gasteiger partial charge < -0.3 is 35.1 Å². The maximum absolute atomic E-state index is 14.8. The maximum atomic E-state index is 14.8. The van der Waals surface area contributed by atoms with Crippen LogP contribution in [0.4, 0.5) is 18.8 Å². The van der Waals surface area contributed by atoms with E-state index in [2.05, 4.69) is 27.3 Å². The van der Waals surface area contributed by atoms with Crippen molar-refractivity contribution in [3.63, 3.8) is 0 Å². The minimum absolute atomic E-state index is 0.0284. The first-order valence-corrected chi connectivity index (χ1v) is 23.9. The molecule has 0 spiro atoms. The second-order valence-corrected chi connectivity index (χ2v) is 19.8. The van der Waals surface area contributed by atoms with Crippen molar-refractivity contribution in [2.75, 3.05) is 19.7 Å². The largest absolute Gasteiger partial charge is 0.449 e. The summed E-state index contributed by atoms with van der Waals surface area (Å²) in [6.07, 6.45) is 0.785. The number of sulfonamides is 1. The molecule has 2 aliphatic heterocycles. The maximum Gasteiger partial charge on any atom is 0.410 e. The van der Waals surface area contributed by atoms with Gasteiger partial charge in [0, 0.05) is 30.4 Å². The Morgan fingerprint density at radius 3 is 2.21 bits per heavy atom. The highest BCUT2D eigenvalue weighted by Crippen LogP contribution is 2.46. The van der Waals surface area contributed by atoms with Gasteiger partial charge in [-0.15, -0.1) is 6.58 Å². The number of alkyl carbamates (subject to hydrolysis) is 2. The van der Waals surface area contributed by atoms with E-state index in [1.807, 2.05) is 48.5 Å². The number of fused-ring (bicyclic) bond motifs is 4. The standard InChI is InChI=1S/C47H51FN6O11S/c1-2-28-21-47(28,43(57)52-66(61,62)31-18-19-31)51-41(55)40-20-30(65-46(60)53-23-27-10-9-17-38(48)36(27)25-53)24-54(40)42(56)39(50-45(59)64-29-11-3-4-12-29)22-49-44(58)63-26-37-34-15-7-5-13-32(34)33-14-6-8-16-35(33)37/h2,5-10,13-17,28-31,37,39-40H,1,3-4,11-12,18-26H2,(H,49,58)(H,50,59)(H,51,55)(H,52,57)/t28-,30-,39+,40?,47-/m1/s1. The minimum Gasteiger partial charge on any atom is -0.449 e. The molecule has 5 atom stereocenters. The number of rotatable bonds is 14. The molecule has 4 aliphatic carbocycles. The Bertz CT molecular complexity index is 2540. The van der Waals surface area contributed by atoms with Crippen LogP contribution in [0.2, 0.25) is 0 Å². The van der Waals surface area contributed by atoms with Crippen LogP contribution in [0.25, 0.3) is 11.1 Å². The summed E-state index contributed by atoms with van der Waals surface area (Å²) < 4.78 is 59.5. The number of hydrogen-bond donors (Lipinski definition) is 4. The molecule has 1 unspecified atom stereocenters. The third kappa shape index (κ3) is 9.04. The van der Waals surface area contributed by atoms with Gasteiger partial charge in [0.25, 0.3) is 5.91 Å². The first-order chi connectivity index (χ1) is 31.7. The number of carbonyl (C=O) groups excluding carboxylic acids is 6. The zero-order chi connectivity index (χ0) is 46.3. The van der Waals surface area contributed by atoms with Gasteiger partial charge in [-0.3, -0.25) is 24.0 Å². The van der Waals surface area contributed by atoms with Gasteiger partial charge in [-0.05, 0) is 78.8 Å². The smallest absolute Gasteiger partial charge is 0.410 e. The first kappa shape index (κ1) is 44.7. The second kappa shape index (κ2) is 18.1. The topological polar surface area (TPSA) is 219 Å². The number of benzene rings is 3. The van der Waals surface area contributed by atoms with Crippen molar-refractivity contribution in [1.29, 1.82) is 0 Å². The summed E-state index contributed by atoms with van der Waals surface area (Å²) in [6, 6.07) is 17.2. The molecular weight excluding hydrogens is 876 g/mol. The molecule has 1 saturated heterocycles. The molecule has 3 saturated carbocycles. The third-order valence-corrected chi connectivity index (χ3v) is 15.3. The SMILES string of the molecule is C=C[C@@H]1C[C@]1(NC(=O)C1C[C@@H](OC(=O)N2Cc3cccc(F)c3C2)CN1C(=O)[C@H](CNC(=O)OCC1c2ccccc2-c2ccccc21)NC(=O)OC1CCCC1)C(=O)NS(=O)(=O)C1CC1. The number of carbonyl (C=O) groups is 6. The molecule has 0 radical (unpaired) electrons. The third-order valence-electron chi connectivity index (χ3n) is 13.5. The van der Waals surface area contributed by atoms with Crippen LogP contribution in [-0.2, 0) is 51.7 Å². The van der Waals surface area contributed by atoms with E-state index >= 15 is 0 Å². The average Bonchev–Trinajstić information content (AvgIpc) is 4.02. The second-order valence-electron chi connectivity index (χ2n) is 17.9. The van der Waals surface area contributed by atoms with Crippen molar-refractivity contribution in [3.8, 4) is 11.1 Å². The Morgan fingerprint density at radius 2 is 1.56 bits per heavy atom. The first-order valence-electron chi connectivity index (χ1n) is 22.3. The zero-order valence-corrected chi connectivity index (χ0v) is 36.9. The van der Waals surface area contributed by atoms with E-state index in [1.165, 1.54) is 23.1 Å². The van der Waals surface area contributed by atoms with Gasteiger partial charge >= 0.3 is 18.3 Å². The quantitative estimate of drug-likeness (QED) is 0.130. The zero-order valence-electron chi connectivity index (χ0n) is 36.0. The number of halogens is 1. The van der Waals surface area contributed by atoms with Gasteiger partial charge in [-0.1, -0.05) is 66.7 Å². The molecule has 6 aliphatic rings. The molecular formula is C47H51FN6O11S. The Labute approximate surface area is 380 Å². The van der Waals surface area contributed by atoms with E-state index in [4.69, 9.17) is 14.2 Å². The van der Waals surface area contributed by atoms with E-state index in [1.54, 1.807) is 6.07 Å². The summed E-state index contributed by atoms with van der Waals surface area (Å²) in [5, 5.41) is 7.11. The number of hydrogen-bond acceptors (Lipinski definition) is 11. The number of likely N-dealkylation sites (tertiary alicyclic amines) is 1. The van der Waals surface area contributed by atoms with Crippen LogP contribution in [0.15, 0.2) is 79.4 Å². The van der Waals surface area contributed by atoms with Crippen LogP contribution in [0.5, 0.6) is 0 Å². The molecule has 348 valence electrons. The molecule has 0 aromatic heterocycles. The number of nitrogens with zero attached hydrogens (tertiary/aromatic N) is 2. The lowest BCUT2D eigenvalue weighted by Gasteiger charge is -2.30. The van der Waals surface area contributed by atoms with Gasteiger partial charge in [0.1, 0.15) is 42.3 Å². The van der Waals surface area contributed by atoms with Crippen LogP contribution in [0.3, 0.4) is 0 Å². The number of nitrogens with one attached hydrogen (secondary N) is 4. The molecule has 4 N–H and O–H groups in total. The monoisotopic (exact) mass is 926 g/mol. The predicted molar refractivity (Wildman–Crippen MR) is 234 cm³/mol. The summed E-state index contributed by atoms with van der Waals surface area (Å²) in [4.78, 5) is 85.5. The van der Waals surface area contributed by atoms with Gasteiger partial charge in [-0.25, -0.2) is 27.2 Å². The van der Waals surface area contributed by atoms with E-state index < -0.39 is 99.4 Å². The lowest BCUT2D eigenvalue weighted by molar-refractivity contribution is -0.141. The normalized spacial score (nSPS) is 23.4. The number of amides is 6. The molecule has 3 aromatic carbocycles. The van der Waals surface area contributed by atoms with Gasteiger partial charge in [-0.2, -0.15) is 0 Å². The fraction of sp³-hybridized carbons (Fsp3) is 0.447. The molecule has 19 heteroatoms. The molecule has 9 rings (SSSR count). The van der Waals surface area contributed by atoms with Gasteiger partial charge in [0.15, 0.2) is 0 Å². The lowest BCUT2D eigenvalue weighted by Crippen LogP contribution is -2.59. The predicted octanol–water partition coefficient (Wildman–Crippen LogP) is 4.49. The highest BCUT2D eigenvalue weighted by atomic mass is 32.2. The summed E-state index contributed by atoms with van der Waals surface area (Å²) in [5.41, 5.74) is 3.27. The minimum atomic E-state index is -4.01. The summed E-state index contributed by atoms with van der Waals surface area (Å²) in [6.45, 7) is 2.84. The van der Waals surface area contributed by atoms with Crippen molar-refractivity contribution >= 4 is 46.0 Å². The van der Waals surface area contributed by atoms with Crippen molar-refractivity contribution in [2.24, 2.45) is 5.92 Å². The molecule has 0 bridgehead atoms. The summed E-state index contributed by atoms with van der Waals surface area (Å²) >= 11 is 0. The van der Waals surface area contributed by atoms with Crippen LogP contribution < -0.4 is 20.7 Å². The lowest BCUT2D eigenvalue weighted by atomic mass is 9.98. The fourth-order valence-corrected chi connectivity index (χ4v) is 11.1. The van der Waals surface area contributed by atoms with Crippen LogP contribution >= 0.6 is 0 Å². The van der Waals surface area contributed by atoms with E-state index in [9.17, 15) is 41.6 Å². The van der Waals surface area contributed by atoms with Crippen LogP contribution in [0, 0.1) is 11.7 Å². The van der Waals surface area contributed by atoms with E-state index in [0.717, 1.165) is 40.0 Å². The summed E-state index contributed by atoms with van der Waals surface area (Å²) in [7, 11) is -4.01. The molecule has 6 amide bonds. The highest BCUT2D eigenvalue weighted by molar-refractivity contribution is 7.91. The Balaban J connectivity index is 0.934. The van der Waals surface area contributed by atoms with Gasteiger partial charge in [0.2, 0.25) is 21.8 Å². The van der Waals surface area contributed by atoms with Crippen molar-refractivity contribution < 1.29 is 55.8 Å². The van der Waals surface area contributed by atoms with Crippen molar-refractivity contribution in [3.05, 3.63) is 107 Å². The van der Waals surface area contributed by atoms with Gasteiger partial charge in [0.05, 0.1) is 24.9 Å². The Hall–Kier alpha value is -6.50. The van der Waals surface area contributed by atoms with E-state index in [-0.39, 0.29) is 45.0 Å². The molecule has 2 heterocycles. The van der Waals surface area contributed by atoms with Crippen molar-refractivity contribution in [1.82, 2.24) is 30.5 Å².